The van der Waals surface area contributed by atoms with Gasteiger partial charge in [-0.3, -0.25) is 13.6 Å². The van der Waals surface area contributed by atoms with E-state index in [2.05, 4.69) is 6.92 Å². The fourth-order valence-electron chi connectivity index (χ4n) is 1.63. The smallest absolute Gasteiger partial charge is 0.259 e. The molecule has 0 aromatic heterocycles. The zero-order valence-corrected chi connectivity index (χ0v) is 8.83. The molecule has 14 heavy (non-hydrogen) atoms. The van der Waals surface area contributed by atoms with E-state index in [1.54, 1.807) is 0 Å². The van der Waals surface area contributed by atoms with Crippen molar-refractivity contribution in [3.8, 4) is 6.07 Å². The van der Waals surface area contributed by atoms with Crippen molar-refractivity contribution in [3.05, 3.63) is 0 Å². The van der Waals surface area contributed by atoms with Crippen molar-refractivity contribution in [3.63, 3.8) is 0 Å². The van der Waals surface area contributed by atoms with Crippen LogP contribution in [-0.2, 0) is 18.1 Å². The van der Waals surface area contributed by atoms with Crippen LogP contribution in [-0.4, -0.2) is 11.9 Å². The Balaban J connectivity index is 2.00. The second-order valence-electron chi connectivity index (χ2n) is 3.54. The molecule has 3 rings (SSSR count). The van der Waals surface area contributed by atoms with Gasteiger partial charge in [0.1, 0.15) is 6.07 Å². The van der Waals surface area contributed by atoms with Crippen LogP contribution in [0.15, 0.2) is 0 Å². The Bertz CT molecular complexity index is 316. The van der Waals surface area contributed by atoms with Gasteiger partial charge in [-0.25, -0.2) is 4.57 Å². The van der Waals surface area contributed by atoms with Gasteiger partial charge in [0, 0.05) is 0 Å². The molecular weight excluding hydrogens is 205 g/mol. The maximum atomic E-state index is 11.3. The maximum Gasteiger partial charge on any atom is 0.481 e. The summed E-state index contributed by atoms with van der Waals surface area (Å²) in [6.45, 7) is 2.07. The zero-order chi connectivity index (χ0) is 10.2. The molecule has 0 saturated carbocycles. The first kappa shape index (κ1) is 10.1. The Kier molecular flexibility index (Phi) is 2.40. The predicted octanol–water partition coefficient (Wildman–Crippen LogP) is 2.34. The Morgan fingerprint density at radius 2 is 2.21 bits per heavy atom. The molecule has 78 valence electrons. The number of nitrogens with zero attached hydrogens (tertiary/aromatic N) is 1. The first-order valence-electron chi connectivity index (χ1n) is 4.73. The molecule has 2 bridgehead atoms. The molecule has 0 amide bonds. The highest BCUT2D eigenvalue weighted by Gasteiger charge is 2.69. The topological polar surface area (TPSA) is 68.5 Å². The van der Waals surface area contributed by atoms with Crippen molar-refractivity contribution in [2.24, 2.45) is 0 Å². The molecule has 0 aliphatic carbocycles. The van der Waals surface area contributed by atoms with Crippen LogP contribution in [0.3, 0.4) is 0 Å². The van der Waals surface area contributed by atoms with Crippen LogP contribution in [0.4, 0.5) is 0 Å². The van der Waals surface area contributed by atoms with Gasteiger partial charge in [-0.1, -0.05) is 19.8 Å². The van der Waals surface area contributed by atoms with Crippen LogP contribution in [0.1, 0.15) is 32.6 Å². The van der Waals surface area contributed by atoms with Crippen molar-refractivity contribution in [2.45, 2.75) is 44.5 Å². The van der Waals surface area contributed by atoms with E-state index in [9.17, 15) is 4.57 Å². The SMILES string of the molecule is CCCCCC1(C#N)OP2(=O)OC1O2. The highest BCUT2D eigenvalue weighted by atomic mass is 31.2. The van der Waals surface area contributed by atoms with Gasteiger partial charge in [0.25, 0.3) is 0 Å². The molecule has 0 aromatic rings. The van der Waals surface area contributed by atoms with E-state index in [4.69, 9.17) is 18.8 Å². The monoisotopic (exact) mass is 217 g/mol. The number of nitriles is 1. The molecule has 3 aliphatic heterocycles. The molecule has 0 spiro atoms. The normalized spacial score (nSPS) is 44.4. The first-order valence-corrected chi connectivity index (χ1v) is 6.19. The third-order valence-corrected chi connectivity index (χ3v) is 3.89. The van der Waals surface area contributed by atoms with E-state index in [-0.39, 0.29) is 0 Å². The number of phosphoric acid groups is 1. The maximum absolute atomic E-state index is 11.3. The molecule has 3 saturated heterocycles. The minimum Gasteiger partial charge on any atom is -0.259 e. The van der Waals surface area contributed by atoms with Crippen molar-refractivity contribution in [1.82, 2.24) is 0 Å². The fourth-order valence-corrected chi connectivity index (χ4v) is 3.16. The predicted molar refractivity (Wildman–Crippen MR) is 47.1 cm³/mol. The zero-order valence-electron chi connectivity index (χ0n) is 7.93. The summed E-state index contributed by atoms with van der Waals surface area (Å²) in [5.41, 5.74) is -1.12. The summed E-state index contributed by atoms with van der Waals surface area (Å²) < 4.78 is 26.1. The Morgan fingerprint density at radius 3 is 2.64 bits per heavy atom. The van der Waals surface area contributed by atoms with Gasteiger partial charge in [-0.05, 0) is 12.8 Å². The van der Waals surface area contributed by atoms with Gasteiger partial charge in [0.05, 0.1) is 0 Å². The molecule has 6 heteroatoms. The van der Waals surface area contributed by atoms with Crippen molar-refractivity contribution < 1.29 is 18.1 Å². The molecule has 5 nitrogen and oxygen atoms in total. The van der Waals surface area contributed by atoms with Crippen LogP contribution in [0.25, 0.3) is 0 Å². The minimum atomic E-state index is -3.31. The highest BCUT2D eigenvalue weighted by Crippen LogP contribution is 2.72. The standard InChI is InChI=1S/C8H12NO4P/c1-2-3-4-5-8(6-9)7-11-14(10,12-7)13-8/h7H,2-5H2,1H3. The van der Waals surface area contributed by atoms with Crippen LogP contribution in [0.5, 0.6) is 0 Å². The lowest BCUT2D eigenvalue weighted by molar-refractivity contribution is -0.0908. The van der Waals surface area contributed by atoms with Crippen LogP contribution in [0, 0.1) is 11.3 Å². The highest BCUT2D eigenvalue weighted by molar-refractivity contribution is 7.50. The summed E-state index contributed by atoms with van der Waals surface area (Å²) in [6.07, 6.45) is 2.71. The third-order valence-electron chi connectivity index (χ3n) is 2.45. The summed E-state index contributed by atoms with van der Waals surface area (Å²) in [5, 5.41) is 8.97. The molecule has 1 atom stereocenters. The molecule has 0 N–H and O–H groups in total. The number of hydrogen-bond acceptors (Lipinski definition) is 5. The molecule has 3 fully saturated rings. The lowest BCUT2D eigenvalue weighted by Crippen LogP contribution is -2.38. The van der Waals surface area contributed by atoms with Gasteiger partial charge in [0.15, 0.2) is 0 Å². The molecule has 3 aliphatic rings. The lowest BCUT2D eigenvalue weighted by atomic mass is 9.97. The number of fused-ring (bicyclic) bond motifs is 1. The van der Waals surface area contributed by atoms with E-state index >= 15 is 0 Å². The summed E-state index contributed by atoms with van der Waals surface area (Å²) >= 11 is 0. The van der Waals surface area contributed by atoms with E-state index in [0.717, 1.165) is 19.3 Å². The van der Waals surface area contributed by atoms with Gasteiger partial charge in [-0.2, -0.15) is 5.26 Å². The van der Waals surface area contributed by atoms with E-state index in [0.29, 0.717) is 6.42 Å². The molecule has 1 unspecified atom stereocenters. The second kappa shape index (κ2) is 3.32. The fraction of sp³-hybridized carbons (Fsp3) is 0.875. The number of rotatable bonds is 4. The minimum absolute atomic E-state index is 0.520. The Morgan fingerprint density at radius 1 is 1.50 bits per heavy atom. The van der Waals surface area contributed by atoms with Crippen molar-refractivity contribution in [1.29, 1.82) is 5.26 Å². The largest absolute Gasteiger partial charge is 0.481 e. The molecule has 3 heterocycles. The first-order chi connectivity index (χ1) is 6.64. The summed E-state index contributed by atoms with van der Waals surface area (Å²) in [5.74, 6) is 0. The Hall–Kier alpha value is -0.400. The summed E-state index contributed by atoms with van der Waals surface area (Å²) in [4.78, 5) is 0. The van der Waals surface area contributed by atoms with Gasteiger partial charge in [0.2, 0.25) is 11.9 Å². The van der Waals surface area contributed by atoms with Gasteiger partial charge < -0.3 is 0 Å². The quantitative estimate of drug-likeness (QED) is 0.534. The van der Waals surface area contributed by atoms with Crippen LogP contribution in [0.2, 0.25) is 0 Å². The lowest BCUT2D eigenvalue weighted by Gasteiger charge is -2.23. The second-order valence-corrected chi connectivity index (χ2v) is 5.04. The molecular formula is C8H12NO4P. The van der Waals surface area contributed by atoms with E-state index in [1.807, 2.05) is 6.07 Å². The molecule has 0 radical (unpaired) electrons. The third kappa shape index (κ3) is 1.39. The number of hydrogen-bond donors (Lipinski definition) is 0. The summed E-state index contributed by atoms with van der Waals surface area (Å²) in [6, 6.07) is 2.01. The van der Waals surface area contributed by atoms with Crippen molar-refractivity contribution >= 4 is 7.82 Å². The van der Waals surface area contributed by atoms with Crippen molar-refractivity contribution in [2.75, 3.05) is 0 Å². The van der Waals surface area contributed by atoms with Crippen LogP contribution < -0.4 is 0 Å². The van der Waals surface area contributed by atoms with Crippen LogP contribution >= 0.6 is 7.82 Å². The molecule has 0 aromatic carbocycles. The average molecular weight is 217 g/mol. The average Bonchev–Trinajstić information content (AvgIpc) is 2.54. The van der Waals surface area contributed by atoms with Gasteiger partial charge in [-0.15, -0.1) is 0 Å². The van der Waals surface area contributed by atoms with E-state index in [1.165, 1.54) is 0 Å². The van der Waals surface area contributed by atoms with E-state index < -0.39 is 19.7 Å². The summed E-state index contributed by atoms with van der Waals surface area (Å²) in [7, 11) is -3.31. The number of phosphoric ester groups is 1. The Labute approximate surface area is 82.6 Å². The van der Waals surface area contributed by atoms with Gasteiger partial charge >= 0.3 is 7.82 Å². The number of unbranched alkanes of at least 4 members (excludes halogenated alkanes) is 2.